The third kappa shape index (κ3) is 14.6. The molecular weight excluding hydrogens is 526 g/mol. The Morgan fingerprint density at radius 2 is 1.50 bits per heavy atom. The molecular formula is C27H26BrN3O5. The van der Waals surface area contributed by atoms with Gasteiger partial charge >= 0.3 is 5.97 Å². The summed E-state index contributed by atoms with van der Waals surface area (Å²) >= 11 is 3.31. The highest BCUT2D eigenvalue weighted by molar-refractivity contribution is 9.10. The second kappa shape index (κ2) is 18.9. The minimum atomic E-state index is -0.966. The quantitative estimate of drug-likeness (QED) is 0.433. The highest BCUT2D eigenvalue weighted by Crippen LogP contribution is 2.25. The molecule has 0 spiro atoms. The van der Waals surface area contributed by atoms with Gasteiger partial charge in [-0.1, -0.05) is 79.0 Å². The normalized spacial score (nSPS) is 13.7. The molecule has 1 aromatic rings. The number of hydrogen-bond acceptors (Lipinski definition) is 6. The standard InChI is InChI=1S/C17H17N3O2.C10H9BrO3/c18-17(21)16-14-12-10-8-6-4-2-1-3-5-7-9-11-13-15-22-20-19-16;1-14-9-6-7(2-4-8(9)11)3-5-10(12)13/h1-15H,(H2,18,21);2-6H,1H3,(H,12,13)/b;5-3+. The van der Waals surface area contributed by atoms with Crippen molar-refractivity contribution in [1.29, 1.82) is 0 Å². The average molecular weight is 552 g/mol. The molecule has 1 heterocycles. The minimum absolute atomic E-state index is 0.00656. The van der Waals surface area contributed by atoms with Crippen molar-refractivity contribution < 1.29 is 24.3 Å². The summed E-state index contributed by atoms with van der Waals surface area (Å²) in [4.78, 5) is 26.2. The number of carboxylic acids is 1. The van der Waals surface area contributed by atoms with E-state index in [0.717, 1.165) is 16.1 Å². The van der Waals surface area contributed by atoms with Crippen LogP contribution >= 0.6 is 15.9 Å². The Hall–Kier alpha value is -4.50. The number of hydrogen-bond donors (Lipinski definition) is 2. The largest absolute Gasteiger partial charge is 0.496 e. The molecule has 3 N–H and O–H groups in total. The van der Waals surface area contributed by atoms with Crippen molar-refractivity contribution in [1.82, 2.24) is 0 Å². The summed E-state index contributed by atoms with van der Waals surface area (Å²) in [6, 6.07) is 5.36. The molecule has 0 fully saturated rings. The van der Waals surface area contributed by atoms with Crippen molar-refractivity contribution in [3.05, 3.63) is 131 Å². The zero-order valence-corrected chi connectivity index (χ0v) is 21.1. The number of ether oxygens (including phenoxy) is 1. The number of carbonyl (C=O) groups is 2. The molecule has 0 radical (unpaired) electrons. The van der Waals surface area contributed by atoms with Gasteiger partial charge < -0.3 is 20.4 Å². The second-order valence-electron chi connectivity index (χ2n) is 6.41. The number of carboxylic acid groups (broad SMARTS) is 1. The molecule has 1 aromatic carbocycles. The average Bonchev–Trinajstić information content (AvgIpc) is 2.86. The minimum Gasteiger partial charge on any atom is -0.496 e. The number of nitrogens with two attached hydrogens (primary N) is 1. The molecule has 1 aliphatic rings. The molecule has 0 saturated heterocycles. The zero-order valence-electron chi connectivity index (χ0n) is 19.5. The highest BCUT2D eigenvalue weighted by Gasteiger charge is 2.01. The van der Waals surface area contributed by atoms with E-state index in [1.54, 1.807) is 49.6 Å². The van der Waals surface area contributed by atoms with E-state index in [1.165, 1.54) is 18.4 Å². The molecule has 0 atom stereocenters. The maximum absolute atomic E-state index is 11.2. The van der Waals surface area contributed by atoms with E-state index in [4.69, 9.17) is 20.4 Å². The molecule has 1 amide bonds. The second-order valence-corrected chi connectivity index (χ2v) is 7.26. The molecule has 36 heavy (non-hydrogen) atoms. The predicted molar refractivity (Wildman–Crippen MR) is 145 cm³/mol. The molecule has 0 saturated carbocycles. The van der Waals surface area contributed by atoms with Crippen LogP contribution < -0.4 is 10.5 Å². The third-order valence-corrected chi connectivity index (χ3v) is 4.42. The van der Waals surface area contributed by atoms with Crippen LogP contribution in [0, 0.1) is 0 Å². The lowest BCUT2D eigenvalue weighted by Gasteiger charge is -2.03. The summed E-state index contributed by atoms with van der Waals surface area (Å²) in [6.45, 7) is 0. The number of rotatable bonds is 4. The van der Waals surface area contributed by atoms with Crippen molar-refractivity contribution in [3.63, 3.8) is 0 Å². The van der Waals surface area contributed by atoms with Crippen LogP contribution in [-0.2, 0) is 14.4 Å². The number of amides is 1. The van der Waals surface area contributed by atoms with E-state index in [-0.39, 0.29) is 5.70 Å². The molecule has 0 aromatic heterocycles. The Bertz CT molecular complexity index is 1170. The van der Waals surface area contributed by atoms with Crippen LogP contribution in [-0.4, -0.2) is 24.1 Å². The number of halogens is 1. The molecule has 0 aliphatic carbocycles. The first-order valence-electron chi connectivity index (χ1n) is 10.4. The fourth-order valence-corrected chi connectivity index (χ4v) is 2.55. The maximum Gasteiger partial charge on any atom is 0.328 e. The lowest BCUT2D eigenvalue weighted by molar-refractivity contribution is -0.131. The van der Waals surface area contributed by atoms with Crippen molar-refractivity contribution in [2.75, 3.05) is 7.11 Å². The number of benzene rings is 1. The van der Waals surface area contributed by atoms with Crippen LogP contribution in [0.3, 0.4) is 0 Å². The first kappa shape index (κ1) is 29.5. The molecule has 9 heteroatoms. The van der Waals surface area contributed by atoms with Gasteiger partial charge in [0, 0.05) is 11.4 Å². The Labute approximate surface area is 218 Å². The van der Waals surface area contributed by atoms with E-state index >= 15 is 0 Å². The number of allylic oxidation sites excluding steroid dienone is 14. The van der Waals surface area contributed by atoms with Crippen LogP contribution in [0.2, 0.25) is 0 Å². The molecule has 186 valence electrons. The summed E-state index contributed by atoms with van der Waals surface area (Å²) < 4.78 is 5.90. The summed E-state index contributed by atoms with van der Waals surface area (Å²) in [6.07, 6.45) is 29.0. The molecule has 2 rings (SSSR count). The summed E-state index contributed by atoms with van der Waals surface area (Å²) in [5.41, 5.74) is 5.96. The summed E-state index contributed by atoms with van der Waals surface area (Å²) in [5.74, 6) is -0.977. The van der Waals surface area contributed by atoms with Gasteiger partial charge in [-0.2, -0.15) is 0 Å². The van der Waals surface area contributed by atoms with E-state index in [1.807, 2.05) is 54.7 Å². The van der Waals surface area contributed by atoms with Crippen LogP contribution in [0.25, 0.3) is 6.08 Å². The van der Waals surface area contributed by atoms with E-state index in [0.29, 0.717) is 5.75 Å². The van der Waals surface area contributed by atoms with Gasteiger partial charge in [-0.25, -0.2) is 4.79 Å². The Morgan fingerprint density at radius 3 is 2.03 bits per heavy atom. The van der Waals surface area contributed by atoms with Crippen LogP contribution in [0.15, 0.2) is 136 Å². The number of carbonyl (C=O) groups excluding carboxylic acids is 1. The van der Waals surface area contributed by atoms with Crippen LogP contribution in [0.5, 0.6) is 5.75 Å². The van der Waals surface area contributed by atoms with Gasteiger partial charge in [0.1, 0.15) is 12.0 Å². The molecule has 8 nitrogen and oxygen atoms in total. The van der Waals surface area contributed by atoms with Crippen molar-refractivity contribution in [3.8, 4) is 5.75 Å². The van der Waals surface area contributed by atoms with Crippen LogP contribution in [0.4, 0.5) is 0 Å². The maximum atomic E-state index is 11.2. The van der Waals surface area contributed by atoms with Crippen LogP contribution in [0.1, 0.15) is 5.56 Å². The lowest BCUT2D eigenvalue weighted by Crippen LogP contribution is -2.12. The SMILES string of the molecule is COc1cc(/C=C/C(=O)O)ccc1Br.NC(=O)C1=CC=CC=CC=CC=CC=CC=CC=CON=N1. The van der Waals surface area contributed by atoms with Gasteiger partial charge in [0.2, 0.25) is 0 Å². The Kier molecular flexibility index (Phi) is 15.5. The first-order chi connectivity index (χ1) is 17.4. The van der Waals surface area contributed by atoms with Gasteiger partial charge in [-0.15, -0.1) is 5.11 Å². The highest BCUT2D eigenvalue weighted by atomic mass is 79.9. The third-order valence-electron chi connectivity index (χ3n) is 3.77. The zero-order chi connectivity index (χ0) is 26.4. The molecule has 0 bridgehead atoms. The predicted octanol–water partition coefficient (Wildman–Crippen LogP) is 6.16. The number of aliphatic carboxylic acids is 1. The monoisotopic (exact) mass is 551 g/mol. The van der Waals surface area contributed by atoms with Gasteiger partial charge in [0.25, 0.3) is 5.91 Å². The molecule has 1 aliphatic heterocycles. The Balaban J connectivity index is 0.000000397. The van der Waals surface area contributed by atoms with E-state index in [2.05, 4.69) is 26.3 Å². The fraction of sp³-hybridized carbons (Fsp3) is 0.0370. The topological polar surface area (TPSA) is 124 Å². The summed E-state index contributed by atoms with van der Waals surface area (Å²) in [5, 5.41) is 15.4. The number of nitrogens with zero attached hydrogens (tertiary/aromatic N) is 2. The fourth-order valence-electron chi connectivity index (χ4n) is 2.14. The number of primary amides is 1. The smallest absolute Gasteiger partial charge is 0.328 e. The molecule has 0 unspecified atom stereocenters. The van der Waals surface area contributed by atoms with Gasteiger partial charge in [0.15, 0.2) is 5.70 Å². The number of methoxy groups -OCH3 is 1. The van der Waals surface area contributed by atoms with Gasteiger partial charge in [0.05, 0.1) is 11.6 Å². The van der Waals surface area contributed by atoms with Gasteiger partial charge in [-0.3, -0.25) is 4.79 Å². The van der Waals surface area contributed by atoms with Crippen molar-refractivity contribution in [2.45, 2.75) is 0 Å². The van der Waals surface area contributed by atoms with E-state index < -0.39 is 11.9 Å². The van der Waals surface area contributed by atoms with E-state index in [9.17, 15) is 9.59 Å². The lowest BCUT2D eigenvalue weighted by atomic mass is 10.2. The van der Waals surface area contributed by atoms with Crippen molar-refractivity contribution >= 4 is 33.9 Å². The van der Waals surface area contributed by atoms with Gasteiger partial charge in [-0.05, 0) is 51.9 Å². The van der Waals surface area contributed by atoms with Crippen molar-refractivity contribution in [2.24, 2.45) is 16.1 Å². The first-order valence-corrected chi connectivity index (χ1v) is 11.2. The summed E-state index contributed by atoms with van der Waals surface area (Å²) in [7, 11) is 1.56. The Morgan fingerprint density at radius 1 is 0.944 bits per heavy atom.